The lowest BCUT2D eigenvalue weighted by Crippen LogP contribution is -2.40. The Morgan fingerprint density at radius 2 is 1.97 bits per heavy atom. The van der Waals surface area contributed by atoms with Crippen molar-refractivity contribution >= 4 is 41.5 Å². The molecule has 31 heavy (non-hydrogen) atoms. The number of amides is 1. The molecule has 1 amide bonds. The third-order valence-electron chi connectivity index (χ3n) is 4.91. The van der Waals surface area contributed by atoms with Crippen molar-refractivity contribution in [1.82, 2.24) is 10.6 Å². The van der Waals surface area contributed by atoms with E-state index in [9.17, 15) is 18.0 Å². The number of halogens is 4. The summed E-state index contributed by atoms with van der Waals surface area (Å²) in [6.45, 7) is 0.346. The van der Waals surface area contributed by atoms with Gasteiger partial charge < -0.3 is 20.7 Å². The van der Waals surface area contributed by atoms with Gasteiger partial charge in [0.15, 0.2) is 5.96 Å². The van der Waals surface area contributed by atoms with E-state index >= 15 is 0 Å². The van der Waals surface area contributed by atoms with Crippen LogP contribution in [0.25, 0.3) is 0 Å². The van der Waals surface area contributed by atoms with E-state index in [0.717, 1.165) is 17.3 Å². The molecule has 1 unspecified atom stereocenters. The molecular formula is C21H24F3IN4O2. The van der Waals surface area contributed by atoms with Gasteiger partial charge in [-0.25, -0.2) is 0 Å². The lowest BCUT2D eigenvalue weighted by Gasteiger charge is -2.26. The lowest BCUT2D eigenvalue weighted by molar-refractivity contribution is -0.138. The molecule has 0 aromatic heterocycles. The number of anilines is 1. The van der Waals surface area contributed by atoms with Gasteiger partial charge in [-0.2, -0.15) is 13.2 Å². The van der Waals surface area contributed by atoms with Crippen LogP contribution >= 0.6 is 24.0 Å². The topological polar surface area (TPSA) is 74.8 Å². The zero-order chi connectivity index (χ0) is 21.7. The Bertz CT molecular complexity index is 950. The van der Waals surface area contributed by atoms with Gasteiger partial charge in [0.2, 0.25) is 5.91 Å². The molecule has 10 heteroatoms. The third-order valence-corrected chi connectivity index (χ3v) is 4.91. The van der Waals surface area contributed by atoms with Crippen LogP contribution in [0.1, 0.15) is 29.0 Å². The van der Waals surface area contributed by atoms with Crippen molar-refractivity contribution in [2.45, 2.75) is 25.1 Å². The summed E-state index contributed by atoms with van der Waals surface area (Å²) in [5.41, 5.74) is 1.10. The number of carbonyl (C=O) groups is 1. The maximum absolute atomic E-state index is 13.4. The largest absolute Gasteiger partial charge is 0.497 e. The lowest BCUT2D eigenvalue weighted by atomic mass is 9.90. The van der Waals surface area contributed by atoms with Crippen molar-refractivity contribution in [2.24, 2.45) is 4.99 Å². The smallest absolute Gasteiger partial charge is 0.416 e. The Labute approximate surface area is 195 Å². The number of carbonyl (C=O) groups excluding carboxylic acids is 1. The zero-order valence-electron chi connectivity index (χ0n) is 17.0. The molecule has 0 fully saturated rings. The molecular weight excluding hydrogens is 524 g/mol. The van der Waals surface area contributed by atoms with E-state index in [-0.39, 0.29) is 53.7 Å². The molecule has 0 saturated carbocycles. The number of alkyl halides is 3. The number of guanidine groups is 1. The fourth-order valence-corrected chi connectivity index (χ4v) is 3.40. The summed E-state index contributed by atoms with van der Waals surface area (Å²) in [4.78, 5) is 16.0. The molecule has 1 heterocycles. The molecule has 6 nitrogen and oxygen atoms in total. The van der Waals surface area contributed by atoms with Crippen LogP contribution in [0.3, 0.4) is 0 Å². The van der Waals surface area contributed by atoms with E-state index in [2.05, 4.69) is 20.9 Å². The van der Waals surface area contributed by atoms with Gasteiger partial charge in [-0.3, -0.25) is 9.79 Å². The van der Waals surface area contributed by atoms with E-state index in [1.807, 2.05) is 24.3 Å². The first-order valence-corrected chi connectivity index (χ1v) is 9.39. The summed E-state index contributed by atoms with van der Waals surface area (Å²) in [6.07, 6.45) is -4.18. The van der Waals surface area contributed by atoms with Crippen LogP contribution in [0.2, 0.25) is 0 Å². The maximum Gasteiger partial charge on any atom is 0.416 e. The van der Waals surface area contributed by atoms with Crippen molar-refractivity contribution in [1.29, 1.82) is 0 Å². The number of ether oxygens (including phenoxy) is 1. The summed E-state index contributed by atoms with van der Waals surface area (Å²) in [5, 5.41) is 8.85. The van der Waals surface area contributed by atoms with Crippen LogP contribution in [0.5, 0.6) is 5.75 Å². The van der Waals surface area contributed by atoms with Crippen LogP contribution < -0.4 is 20.7 Å². The van der Waals surface area contributed by atoms with Gasteiger partial charge in [0, 0.05) is 38.2 Å². The molecule has 168 valence electrons. The van der Waals surface area contributed by atoms with E-state index in [1.54, 1.807) is 0 Å². The van der Waals surface area contributed by atoms with Crippen molar-refractivity contribution in [2.75, 3.05) is 26.0 Å². The number of hydrogen-bond acceptors (Lipinski definition) is 3. The number of rotatable bonds is 5. The number of nitrogens with one attached hydrogen (secondary N) is 3. The van der Waals surface area contributed by atoms with E-state index in [4.69, 9.17) is 4.74 Å². The van der Waals surface area contributed by atoms with Crippen molar-refractivity contribution in [3.8, 4) is 5.75 Å². The second kappa shape index (κ2) is 10.7. The molecule has 0 radical (unpaired) electrons. The molecule has 0 bridgehead atoms. The Morgan fingerprint density at radius 1 is 1.23 bits per heavy atom. The van der Waals surface area contributed by atoms with Crippen molar-refractivity contribution < 1.29 is 22.7 Å². The number of hydrogen-bond donors (Lipinski definition) is 3. The molecule has 1 aliphatic heterocycles. The van der Waals surface area contributed by atoms with Gasteiger partial charge in [0.25, 0.3) is 0 Å². The quantitative estimate of drug-likeness (QED) is 0.299. The van der Waals surface area contributed by atoms with E-state index < -0.39 is 11.7 Å². The van der Waals surface area contributed by atoms with Gasteiger partial charge in [0.1, 0.15) is 5.75 Å². The molecule has 3 N–H and O–H groups in total. The maximum atomic E-state index is 13.4. The monoisotopic (exact) mass is 548 g/mol. The highest BCUT2D eigenvalue weighted by Crippen LogP contribution is 2.34. The van der Waals surface area contributed by atoms with Gasteiger partial charge in [-0.15, -0.1) is 24.0 Å². The van der Waals surface area contributed by atoms with Crippen LogP contribution in [0.15, 0.2) is 47.5 Å². The first kappa shape index (κ1) is 24.8. The standard InChI is InChI=1S/C21H23F3N4O2.HI/c1-25-20(26-11-13-7-8-15(30-2)10-17(13)21(22,23)24)27-12-14-9-19(29)28-18-6-4-3-5-16(14)18;/h3-8,10,14H,9,11-12H2,1-2H3,(H,28,29)(H2,25,26,27);1H. The number of para-hydroxylation sites is 1. The fourth-order valence-electron chi connectivity index (χ4n) is 3.40. The van der Waals surface area contributed by atoms with Crippen LogP contribution in [-0.4, -0.2) is 32.6 Å². The third kappa shape index (κ3) is 6.25. The average molecular weight is 548 g/mol. The molecule has 0 saturated heterocycles. The molecule has 1 atom stereocenters. The van der Waals surface area contributed by atoms with Gasteiger partial charge in [0.05, 0.1) is 12.7 Å². The first-order chi connectivity index (χ1) is 14.3. The Kier molecular flexibility index (Phi) is 8.54. The van der Waals surface area contributed by atoms with Gasteiger partial charge >= 0.3 is 6.18 Å². The molecule has 0 aliphatic carbocycles. The average Bonchev–Trinajstić information content (AvgIpc) is 2.72. The van der Waals surface area contributed by atoms with E-state index in [0.29, 0.717) is 18.9 Å². The van der Waals surface area contributed by atoms with Crippen LogP contribution in [-0.2, 0) is 17.5 Å². The predicted octanol–water partition coefficient (Wildman–Crippen LogP) is 4.12. The molecule has 1 aliphatic rings. The van der Waals surface area contributed by atoms with Crippen LogP contribution in [0.4, 0.5) is 18.9 Å². The fraction of sp³-hybridized carbons (Fsp3) is 0.333. The van der Waals surface area contributed by atoms with Gasteiger partial charge in [-0.05, 0) is 29.3 Å². The summed E-state index contributed by atoms with van der Waals surface area (Å²) >= 11 is 0. The van der Waals surface area contributed by atoms with Crippen molar-refractivity contribution in [3.63, 3.8) is 0 Å². The minimum Gasteiger partial charge on any atom is -0.497 e. The van der Waals surface area contributed by atoms with Crippen LogP contribution in [0, 0.1) is 0 Å². The van der Waals surface area contributed by atoms with E-state index in [1.165, 1.54) is 26.3 Å². The molecule has 2 aromatic rings. The zero-order valence-corrected chi connectivity index (χ0v) is 19.4. The molecule has 3 rings (SSSR count). The highest BCUT2D eigenvalue weighted by atomic mass is 127. The predicted molar refractivity (Wildman–Crippen MR) is 124 cm³/mol. The summed E-state index contributed by atoms with van der Waals surface area (Å²) in [5.74, 6) is 0.349. The number of benzene rings is 2. The first-order valence-electron chi connectivity index (χ1n) is 9.39. The van der Waals surface area contributed by atoms with Gasteiger partial charge in [-0.1, -0.05) is 24.3 Å². The molecule has 0 spiro atoms. The van der Waals surface area contributed by atoms with Crippen molar-refractivity contribution in [3.05, 3.63) is 59.2 Å². The minimum atomic E-state index is -4.50. The Hall–Kier alpha value is -2.50. The number of aliphatic imine (C=N–C) groups is 1. The highest BCUT2D eigenvalue weighted by Gasteiger charge is 2.33. The second-order valence-electron chi connectivity index (χ2n) is 6.86. The second-order valence-corrected chi connectivity index (χ2v) is 6.86. The summed E-state index contributed by atoms with van der Waals surface area (Å²) in [6, 6.07) is 11.4. The minimum absolute atomic E-state index is 0. The summed E-state index contributed by atoms with van der Waals surface area (Å²) in [7, 11) is 2.86. The SMILES string of the molecule is CN=C(NCc1ccc(OC)cc1C(F)(F)F)NCC1CC(=O)Nc2ccccc21.I. The summed E-state index contributed by atoms with van der Waals surface area (Å²) < 4.78 is 45.0. The highest BCUT2D eigenvalue weighted by molar-refractivity contribution is 14.0. The Balaban J connectivity index is 0.00000341. The normalized spacial score (nSPS) is 16.0. The number of nitrogens with zero attached hydrogens (tertiary/aromatic N) is 1. The number of methoxy groups -OCH3 is 1. The number of fused-ring (bicyclic) bond motifs is 1. The molecule has 2 aromatic carbocycles. The Morgan fingerprint density at radius 3 is 2.65 bits per heavy atom.